The molecular formula is C22H20O4. The lowest BCUT2D eigenvalue weighted by Crippen LogP contribution is -2.44. The summed E-state index contributed by atoms with van der Waals surface area (Å²) in [5.41, 5.74) is 0.0257. The summed E-state index contributed by atoms with van der Waals surface area (Å²) in [6, 6.07) is 18.1. The minimum atomic E-state index is -1.93. The number of allylic oxidation sites excluding steroid dienone is 1. The maximum Gasteiger partial charge on any atom is 0.203 e. The van der Waals surface area contributed by atoms with Gasteiger partial charge in [0, 0.05) is 12.0 Å². The molecule has 1 N–H and O–H groups in total. The zero-order chi connectivity index (χ0) is 18.7. The first-order valence-electron chi connectivity index (χ1n) is 8.35. The molecule has 0 heterocycles. The van der Waals surface area contributed by atoms with Crippen molar-refractivity contribution < 1.29 is 19.4 Å². The Kier molecular flexibility index (Phi) is 4.87. The van der Waals surface area contributed by atoms with Crippen molar-refractivity contribution in [2.45, 2.75) is 18.9 Å². The van der Waals surface area contributed by atoms with E-state index in [0.717, 1.165) is 0 Å². The molecule has 3 rings (SSSR count). The number of ketones is 2. The molecule has 1 aliphatic carbocycles. The summed E-state index contributed by atoms with van der Waals surface area (Å²) in [5.74, 6) is -0.429. The smallest absolute Gasteiger partial charge is 0.203 e. The van der Waals surface area contributed by atoms with Gasteiger partial charge >= 0.3 is 0 Å². The Labute approximate surface area is 152 Å². The van der Waals surface area contributed by atoms with Gasteiger partial charge in [0.1, 0.15) is 11.5 Å². The predicted molar refractivity (Wildman–Crippen MR) is 100 cm³/mol. The minimum absolute atomic E-state index is 0.268. The molecule has 2 aromatic carbocycles. The fraction of sp³-hybridized carbons (Fsp3) is 0.182. The topological polar surface area (TPSA) is 63.6 Å². The van der Waals surface area contributed by atoms with E-state index in [1.807, 2.05) is 36.4 Å². The number of benzene rings is 2. The van der Waals surface area contributed by atoms with Crippen LogP contribution in [0.1, 0.15) is 24.5 Å². The van der Waals surface area contributed by atoms with E-state index in [1.54, 1.807) is 30.3 Å². The summed E-state index contributed by atoms with van der Waals surface area (Å²) in [5, 5.41) is 11.3. The van der Waals surface area contributed by atoms with E-state index in [9.17, 15) is 14.7 Å². The first-order valence-corrected chi connectivity index (χ1v) is 8.35. The number of methoxy groups -OCH3 is 1. The fourth-order valence-electron chi connectivity index (χ4n) is 3.28. The van der Waals surface area contributed by atoms with E-state index in [-0.39, 0.29) is 17.8 Å². The lowest BCUT2D eigenvalue weighted by molar-refractivity contribution is -0.132. The average Bonchev–Trinajstić information content (AvgIpc) is 2.64. The second-order valence-corrected chi connectivity index (χ2v) is 6.30. The first kappa shape index (κ1) is 17.8. The molecule has 1 aliphatic rings. The maximum absolute atomic E-state index is 13.4. The highest BCUT2D eigenvalue weighted by Gasteiger charge is 2.47. The van der Waals surface area contributed by atoms with Crippen molar-refractivity contribution >= 4 is 22.7 Å². The highest BCUT2D eigenvalue weighted by atomic mass is 16.5. The summed E-state index contributed by atoms with van der Waals surface area (Å²) < 4.78 is 5.47. The number of Topliss-reactive ketones (excluding diaryl/α,β-unsaturated/α-hetero) is 2. The SMILES string of the molecule is COC1=C(c2ccccc2)C(=O)[C@@](O)(CC(C)=O)C(c2ccccc2)=C1. The van der Waals surface area contributed by atoms with Crippen LogP contribution in [-0.4, -0.2) is 29.4 Å². The Morgan fingerprint density at radius 2 is 1.54 bits per heavy atom. The normalized spacial score (nSPS) is 20.0. The molecule has 132 valence electrons. The lowest BCUT2D eigenvalue weighted by atomic mass is 9.73. The van der Waals surface area contributed by atoms with Crippen molar-refractivity contribution in [3.05, 3.63) is 83.6 Å². The summed E-state index contributed by atoms with van der Waals surface area (Å²) in [4.78, 5) is 25.2. The van der Waals surface area contributed by atoms with E-state index < -0.39 is 11.4 Å². The zero-order valence-electron chi connectivity index (χ0n) is 14.7. The Morgan fingerprint density at radius 3 is 2.04 bits per heavy atom. The Morgan fingerprint density at radius 1 is 1.00 bits per heavy atom. The number of hydrogen-bond acceptors (Lipinski definition) is 4. The van der Waals surface area contributed by atoms with E-state index in [4.69, 9.17) is 4.74 Å². The molecule has 0 saturated carbocycles. The monoisotopic (exact) mass is 348 g/mol. The summed E-state index contributed by atoms with van der Waals surface area (Å²) in [6.45, 7) is 1.37. The maximum atomic E-state index is 13.4. The molecule has 0 radical (unpaired) electrons. The van der Waals surface area contributed by atoms with E-state index in [2.05, 4.69) is 0 Å². The van der Waals surface area contributed by atoms with Gasteiger partial charge in [0.05, 0.1) is 12.7 Å². The van der Waals surface area contributed by atoms with Crippen LogP contribution >= 0.6 is 0 Å². The lowest BCUT2D eigenvalue weighted by Gasteiger charge is -2.34. The van der Waals surface area contributed by atoms with Crippen LogP contribution in [0.3, 0.4) is 0 Å². The molecule has 0 spiro atoms. The van der Waals surface area contributed by atoms with Crippen molar-refractivity contribution in [1.82, 2.24) is 0 Å². The van der Waals surface area contributed by atoms with Crippen LogP contribution < -0.4 is 0 Å². The largest absolute Gasteiger partial charge is 0.496 e. The van der Waals surface area contributed by atoms with E-state index >= 15 is 0 Å². The molecule has 0 unspecified atom stereocenters. The van der Waals surface area contributed by atoms with Crippen LogP contribution in [0.4, 0.5) is 0 Å². The van der Waals surface area contributed by atoms with E-state index in [1.165, 1.54) is 14.0 Å². The second-order valence-electron chi connectivity index (χ2n) is 6.30. The van der Waals surface area contributed by atoms with E-state index in [0.29, 0.717) is 22.5 Å². The number of aliphatic hydroxyl groups is 1. The average molecular weight is 348 g/mol. The van der Waals surface area contributed by atoms with Gasteiger partial charge in [-0.2, -0.15) is 0 Å². The third kappa shape index (κ3) is 3.11. The van der Waals surface area contributed by atoms with Gasteiger partial charge in [-0.3, -0.25) is 9.59 Å². The second kappa shape index (κ2) is 7.10. The van der Waals surface area contributed by atoms with Crippen LogP contribution in [0.25, 0.3) is 11.1 Å². The fourth-order valence-corrected chi connectivity index (χ4v) is 3.28. The summed E-state index contributed by atoms with van der Waals surface area (Å²) >= 11 is 0. The molecule has 4 nitrogen and oxygen atoms in total. The number of hydrogen-bond donors (Lipinski definition) is 1. The quantitative estimate of drug-likeness (QED) is 0.899. The van der Waals surface area contributed by atoms with Crippen molar-refractivity contribution in [1.29, 1.82) is 0 Å². The van der Waals surface area contributed by atoms with Gasteiger partial charge in [0.25, 0.3) is 0 Å². The highest BCUT2D eigenvalue weighted by Crippen LogP contribution is 2.42. The van der Waals surface area contributed by atoms with Crippen LogP contribution in [0.2, 0.25) is 0 Å². The number of ether oxygens (including phenoxy) is 1. The van der Waals surface area contributed by atoms with Crippen LogP contribution in [0.15, 0.2) is 72.5 Å². The molecule has 4 heteroatoms. The van der Waals surface area contributed by atoms with Gasteiger partial charge in [0.2, 0.25) is 5.78 Å². The Bertz CT molecular complexity index is 894. The first-order chi connectivity index (χ1) is 12.5. The van der Waals surface area contributed by atoms with Crippen molar-refractivity contribution in [2.24, 2.45) is 0 Å². The Balaban J connectivity index is 2.26. The molecule has 0 amide bonds. The molecule has 1 atom stereocenters. The molecule has 2 aromatic rings. The summed E-state index contributed by atoms with van der Waals surface area (Å²) in [7, 11) is 1.49. The standard InChI is InChI=1S/C22H20O4/c1-15(23)14-22(25)18(16-9-5-3-6-10-16)13-19(26-2)20(21(22)24)17-11-7-4-8-12-17/h3-13,25H,14H2,1-2H3/t22-/m1/s1. The van der Waals surface area contributed by atoms with Gasteiger partial charge in [-0.15, -0.1) is 0 Å². The Hall–Kier alpha value is -2.98. The zero-order valence-corrected chi connectivity index (χ0v) is 14.7. The molecule has 0 fully saturated rings. The molecule has 26 heavy (non-hydrogen) atoms. The van der Waals surface area contributed by atoms with Crippen LogP contribution in [-0.2, 0) is 14.3 Å². The minimum Gasteiger partial charge on any atom is -0.496 e. The highest BCUT2D eigenvalue weighted by molar-refractivity contribution is 6.31. The van der Waals surface area contributed by atoms with Gasteiger partial charge in [-0.1, -0.05) is 60.7 Å². The van der Waals surface area contributed by atoms with Gasteiger partial charge in [0.15, 0.2) is 5.60 Å². The molecule has 0 aliphatic heterocycles. The van der Waals surface area contributed by atoms with Gasteiger partial charge in [-0.05, 0) is 24.1 Å². The molecular weight excluding hydrogens is 328 g/mol. The third-order valence-corrected chi connectivity index (χ3v) is 4.44. The van der Waals surface area contributed by atoms with Crippen molar-refractivity contribution in [2.75, 3.05) is 7.11 Å². The number of carbonyl (C=O) groups excluding carboxylic acids is 2. The van der Waals surface area contributed by atoms with Crippen molar-refractivity contribution in [3.8, 4) is 0 Å². The van der Waals surface area contributed by atoms with Gasteiger partial charge < -0.3 is 9.84 Å². The summed E-state index contributed by atoms with van der Waals surface area (Å²) in [6.07, 6.45) is 1.36. The molecule has 0 aromatic heterocycles. The molecule has 0 saturated heterocycles. The number of rotatable bonds is 5. The van der Waals surface area contributed by atoms with Crippen LogP contribution in [0, 0.1) is 0 Å². The number of carbonyl (C=O) groups is 2. The molecule has 0 bridgehead atoms. The third-order valence-electron chi connectivity index (χ3n) is 4.44. The van der Waals surface area contributed by atoms with Gasteiger partial charge in [-0.25, -0.2) is 0 Å². The van der Waals surface area contributed by atoms with Crippen LogP contribution in [0.5, 0.6) is 0 Å². The predicted octanol–water partition coefficient (Wildman–Crippen LogP) is 3.42. The van der Waals surface area contributed by atoms with Crippen molar-refractivity contribution in [3.63, 3.8) is 0 Å².